The Morgan fingerprint density at radius 2 is 2.27 bits per heavy atom. The molecule has 3 heteroatoms. The van der Waals surface area contributed by atoms with Crippen molar-refractivity contribution < 1.29 is 9.90 Å². The molecule has 2 unspecified atom stereocenters. The van der Waals surface area contributed by atoms with Crippen molar-refractivity contribution in [2.45, 2.75) is 37.5 Å². The summed E-state index contributed by atoms with van der Waals surface area (Å²) in [7, 11) is 0. The first kappa shape index (κ1) is 8.85. The van der Waals surface area contributed by atoms with Crippen LogP contribution in [-0.2, 0) is 4.79 Å². The first-order valence-electron chi connectivity index (χ1n) is 3.99. The third kappa shape index (κ3) is 1.51. The Bertz CT molecular complexity index is 169. The van der Waals surface area contributed by atoms with Crippen LogP contribution in [-0.4, -0.2) is 16.0 Å². The Hall–Kier alpha value is -0.240. The van der Waals surface area contributed by atoms with Crippen LogP contribution in [0.25, 0.3) is 0 Å². The van der Waals surface area contributed by atoms with Crippen molar-refractivity contribution in [3.8, 4) is 0 Å². The molecule has 1 rings (SSSR count). The average Bonchev–Trinajstić information content (AvgIpc) is 1.95. The number of carboxylic acids is 1. The summed E-state index contributed by atoms with van der Waals surface area (Å²) in [4.78, 5) is 9.78. The number of alkyl halides is 1. The minimum Gasteiger partial charge on any atom is -0.480 e. The second-order valence-electron chi connectivity index (χ2n) is 3.31. The number of carboxylic acid groups (broad SMARTS) is 1. The van der Waals surface area contributed by atoms with E-state index >= 15 is 0 Å². The maximum atomic E-state index is 10.8. The predicted octanol–water partition coefficient (Wildman–Crippen LogP) is 2.26. The largest absolute Gasteiger partial charge is 0.480 e. The van der Waals surface area contributed by atoms with Gasteiger partial charge < -0.3 is 5.11 Å². The molecule has 0 spiro atoms. The van der Waals surface area contributed by atoms with Gasteiger partial charge in [-0.1, -0.05) is 19.8 Å². The molecule has 0 aromatic carbocycles. The highest BCUT2D eigenvalue weighted by atomic mass is 35.5. The first-order valence-corrected chi connectivity index (χ1v) is 4.37. The van der Waals surface area contributed by atoms with E-state index in [1.54, 1.807) is 0 Å². The van der Waals surface area contributed by atoms with Gasteiger partial charge in [0.15, 0.2) is 0 Å². The summed E-state index contributed by atoms with van der Waals surface area (Å²) in [6.45, 7) is 1.92. The minimum absolute atomic E-state index is 0.107. The molecule has 2 atom stereocenters. The zero-order chi connectivity index (χ0) is 8.48. The molecule has 0 aliphatic heterocycles. The van der Waals surface area contributed by atoms with Gasteiger partial charge in [-0.3, -0.25) is 4.79 Å². The zero-order valence-corrected chi connectivity index (χ0v) is 7.40. The van der Waals surface area contributed by atoms with Crippen LogP contribution >= 0.6 is 11.6 Å². The quantitative estimate of drug-likeness (QED) is 0.623. The number of rotatable bonds is 1. The zero-order valence-electron chi connectivity index (χ0n) is 6.64. The molecule has 1 saturated carbocycles. The van der Waals surface area contributed by atoms with E-state index in [2.05, 4.69) is 0 Å². The molecule has 0 aromatic rings. The molecule has 11 heavy (non-hydrogen) atoms. The van der Waals surface area contributed by atoms with Gasteiger partial charge >= 0.3 is 5.97 Å². The highest BCUT2D eigenvalue weighted by Gasteiger charge is 2.43. The van der Waals surface area contributed by atoms with Gasteiger partial charge in [0.25, 0.3) is 0 Å². The lowest BCUT2D eigenvalue weighted by molar-refractivity contribution is -0.142. The lowest BCUT2D eigenvalue weighted by atomic mass is 9.80. The van der Waals surface area contributed by atoms with E-state index in [9.17, 15) is 4.79 Å². The van der Waals surface area contributed by atoms with Crippen molar-refractivity contribution in [2.24, 2.45) is 5.92 Å². The van der Waals surface area contributed by atoms with Crippen molar-refractivity contribution >= 4 is 17.6 Å². The molecule has 1 aliphatic rings. The smallest absolute Gasteiger partial charge is 0.325 e. The molecule has 2 nitrogen and oxygen atoms in total. The van der Waals surface area contributed by atoms with Crippen molar-refractivity contribution in [1.29, 1.82) is 0 Å². The lowest BCUT2D eigenvalue weighted by Gasteiger charge is -2.33. The molecule has 1 N–H and O–H groups in total. The Kier molecular flexibility index (Phi) is 2.43. The van der Waals surface area contributed by atoms with Gasteiger partial charge in [-0.25, -0.2) is 0 Å². The monoisotopic (exact) mass is 176 g/mol. The maximum absolute atomic E-state index is 10.8. The number of carbonyl (C=O) groups is 1. The molecule has 0 saturated heterocycles. The standard InChI is InChI=1S/C8H13ClO2/c1-6-4-2-3-5-8(6,9)7(10)11/h6H,2-5H2,1H3,(H,10,11). The van der Waals surface area contributed by atoms with Crippen LogP contribution in [0.4, 0.5) is 0 Å². The second kappa shape index (κ2) is 3.02. The fourth-order valence-electron chi connectivity index (χ4n) is 1.63. The van der Waals surface area contributed by atoms with Gasteiger partial charge in [0.1, 0.15) is 4.87 Å². The van der Waals surface area contributed by atoms with Crippen molar-refractivity contribution in [3.63, 3.8) is 0 Å². The van der Waals surface area contributed by atoms with E-state index in [1.165, 1.54) is 0 Å². The van der Waals surface area contributed by atoms with Crippen molar-refractivity contribution in [1.82, 2.24) is 0 Å². The Morgan fingerprint density at radius 1 is 1.64 bits per heavy atom. The summed E-state index contributed by atoms with van der Waals surface area (Å²) in [5.41, 5.74) is 0. The molecule has 0 heterocycles. The Labute approximate surface area is 71.5 Å². The highest BCUT2D eigenvalue weighted by molar-refractivity contribution is 6.34. The van der Waals surface area contributed by atoms with Crippen molar-refractivity contribution in [3.05, 3.63) is 0 Å². The van der Waals surface area contributed by atoms with E-state index in [0.29, 0.717) is 6.42 Å². The van der Waals surface area contributed by atoms with Gasteiger partial charge in [0.2, 0.25) is 0 Å². The normalized spacial score (nSPS) is 38.5. The third-order valence-corrected chi connectivity index (χ3v) is 3.29. The highest BCUT2D eigenvalue weighted by Crippen LogP contribution is 2.38. The van der Waals surface area contributed by atoms with Crippen LogP contribution < -0.4 is 0 Å². The summed E-state index contributed by atoms with van der Waals surface area (Å²) in [6.07, 6.45) is 3.61. The second-order valence-corrected chi connectivity index (χ2v) is 3.99. The number of hydrogen-bond acceptors (Lipinski definition) is 1. The van der Waals surface area contributed by atoms with Crippen LogP contribution in [0.1, 0.15) is 32.6 Å². The van der Waals surface area contributed by atoms with Gasteiger partial charge in [-0.2, -0.15) is 0 Å². The van der Waals surface area contributed by atoms with E-state index in [0.717, 1.165) is 19.3 Å². The molecule has 0 aromatic heterocycles. The first-order chi connectivity index (χ1) is 5.07. The molecule has 64 valence electrons. The Morgan fingerprint density at radius 3 is 2.64 bits per heavy atom. The lowest BCUT2D eigenvalue weighted by Crippen LogP contribution is -2.41. The topological polar surface area (TPSA) is 37.3 Å². The van der Waals surface area contributed by atoms with Gasteiger partial charge in [0.05, 0.1) is 0 Å². The average molecular weight is 177 g/mol. The summed E-state index contributed by atoms with van der Waals surface area (Å²) in [5, 5.41) is 8.84. The van der Waals surface area contributed by atoms with Crippen LogP contribution in [0.5, 0.6) is 0 Å². The van der Waals surface area contributed by atoms with E-state index in [4.69, 9.17) is 16.7 Å². The van der Waals surface area contributed by atoms with Gasteiger partial charge in [0, 0.05) is 0 Å². The number of halogens is 1. The maximum Gasteiger partial charge on any atom is 0.325 e. The molecule has 1 fully saturated rings. The van der Waals surface area contributed by atoms with Crippen molar-refractivity contribution in [2.75, 3.05) is 0 Å². The number of aliphatic carboxylic acids is 1. The SMILES string of the molecule is CC1CCCCC1(Cl)C(=O)O. The summed E-state index contributed by atoms with van der Waals surface area (Å²) < 4.78 is 0. The molecular weight excluding hydrogens is 164 g/mol. The molecule has 0 radical (unpaired) electrons. The molecule has 1 aliphatic carbocycles. The molecular formula is C8H13ClO2. The van der Waals surface area contributed by atoms with E-state index in [-0.39, 0.29) is 5.92 Å². The summed E-state index contributed by atoms with van der Waals surface area (Å²) >= 11 is 5.96. The van der Waals surface area contributed by atoms with Crippen LogP contribution in [0.2, 0.25) is 0 Å². The third-order valence-electron chi connectivity index (χ3n) is 2.56. The van der Waals surface area contributed by atoms with Gasteiger partial charge in [-0.15, -0.1) is 11.6 Å². The Balaban J connectivity index is 2.72. The summed E-state index contributed by atoms with van der Waals surface area (Å²) in [6, 6.07) is 0. The molecule has 0 bridgehead atoms. The van der Waals surface area contributed by atoms with Crippen LogP contribution in [0, 0.1) is 5.92 Å². The summed E-state index contributed by atoms with van der Waals surface area (Å²) in [5.74, 6) is -0.748. The fourth-order valence-corrected chi connectivity index (χ4v) is 1.87. The molecule has 0 amide bonds. The van der Waals surface area contributed by atoms with E-state index < -0.39 is 10.8 Å². The minimum atomic E-state index is -0.974. The van der Waals surface area contributed by atoms with Gasteiger partial charge in [-0.05, 0) is 18.8 Å². The van der Waals surface area contributed by atoms with E-state index in [1.807, 2.05) is 6.92 Å². The predicted molar refractivity (Wildman–Crippen MR) is 43.9 cm³/mol. The fraction of sp³-hybridized carbons (Fsp3) is 0.875. The van der Waals surface area contributed by atoms with Crippen LogP contribution in [0.3, 0.4) is 0 Å². The number of hydrogen-bond donors (Lipinski definition) is 1. The van der Waals surface area contributed by atoms with Crippen LogP contribution in [0.15, 0.2) is 0 Å².